The minimum Gasteiger partial charge on any atom is -0.352 e. The number of hydrogen-bond donors (Lipinski definition) is 1. The topological polar surface area (TPSA) is 79.4 Å². The van der Waals surface area contributed by atoms with Crippen molar-refractivity contribution >= 4 is 27.5 Å². The Morgan fingerprint density at radius 1 is 1.22 bits per heavy atom. The van der Waals surface area contributed by atoms with Gasteiger partial charge in [-0.2, -0.15) is 4.31 Å². The SMILES string of the molecule is Cc1cc(S(=O)(=O)N(Cc2ccncc2)C[C@@H]2CCC(=O)N2)c(C)cc1Cl. The van der Waals surface area contributed by atoms with E-state index >= 15 is 0 Å². The summed E-state index contributed by atoms with van der Waals surface area (Å²) in [7, 11) is -3.77. The Morgan fingerprint density at radius 3 is 2.56 bits per heavy atom. The Morgan fingerprint density at radius 2 is 1.93 bits per heavy atom. The highest BCUT2D eigenvalue weighted by Gasteiger charge is 2.31. The summed E-state index contributed by atoms with van der Waals surface area (Å²) >= 11 is 6.14. The lowest BCUT2D eigenvalue weighted by molar-refractivity contribution is -0.119. The second kappa shape index (κ2) is 7.96. The van der Waals surface area contributed by atoms with Crippen LogP contribution in [0.5, 0.6) is 0 Å². The summed E-state index contributed by atoms with van der Waals surface area (Å²) in [6, 6.07) is 6.67. The first-order valence-corrected chi connectivity index (χ1v) is 10.5. The highest BCUT2D eigenvalue weighted by molar-refractivity contribution is 7.89. The minimum atomic E-state index is -3.77. The van der Waals surface area contributed by atoms with Crippen molar-refractivity contribution in [3.8, 4) is 0 Å². The quantitative estimate of drug-likeness (QED) is 0.798. The van der Waals surface area contributed by atoms with Crippen molar-refractivity contribution in [3.63, 3.8) is 0 Å². The molecule has 1 aromatic heterocycles. The van der Waals surface area contributed by atoms with Crippen LogP contribution in [0.4, 0.5) is 0 Å². The molecular weight excluding hydrogens is 386 g/mol. The van der Waals surface area contributed by atoms with Gasteiger partial charge < -0.3 is 5.32 Å². The Balaban J connectivity index is 1.97. The molecule has 0 unspecified atom stereocenters. The molecule has 144 valence electrons. The average Bonchev–Trinajstić information content (AvgIpc) is 3.03. The van der Waals surface area contributed by atoms with Crippen LogP contribution >= 0.6 is 11.6 Å². The third-order valence-corrected chi connectivity index (χ3v) is 7.05. The van der Waals surface area contributed by atoms with Crippen LogP contribution in [-0.4, -0.2) is 36.2 Å². The summed E-state index contributed by atoms with van der Waals surface area (Å²) in [5.41, 5.74) is 2.14. The van der Waals surface area contributed by atoms with Crippen LogP contribution in [0.25, 0.3) is 0 Å². The zero-order chi connectivity index (χ0) is 19.6. The molecular formula is C19H22ClN3O3S. The molecule has 8 heteroatoms. The molecule has 1 aromatic carbocycles. The number of aromatic nitrogens is 1. The summed E-state index contributed by atoms with van der Waals surface area (Å²) in [4.78, 5) is 15.8. The van der Waals surface area contributed by atoms with Crippen LogP contribution < -0.4 is 5.32 Å². The first kappa shape index (κ1) is 19.8. The van der Waals surface area contributed by atoms with Crippen LogP contribution in [0, 0.1) is 13.8 Å². The van der Waals surface area contributed by atoms with E-state index in [2.05, 4.69) is 10.3 Å². The first-order chi connectivity index (χ1) is 12.8. The fourth-order valence-electron chi connectivity index (χ4n) is 3.17. The number of nitrogens with one attached hydrogen (secondary N) is 1. The van der Waals surface area contributed by atoms with Crippen molar-refractivity contribution < 1.29 is 13.2 Å². The molecule has 0 radical (unpaired) electrons. The van der Waals surface area contributed by atoms with E-state index in [-0.39, 0.29) is 29.9 Å². The van der Waals surface area contributed by atoms with Crippen LogP contribution in [0.1, 0.15) is 29.5 Å². The van der Waals surface area contributed by atoms with Crippen LogP contribution in [-0.2, 0) is 21.4 Å². The van der Waals surface area contributed by atoms with Gasteiger partial charge in [0.25, 0.3) is 0 Å². The van der Waals surface area contributed by atoms with E-state index in [1.54, 1.807) is 50.5 Å². The number of nitrogens with zero attached hydrogens (tertiary/aromatic N) is 2. The monoisotopic (exact) mass is 407 g/mol. The maximum atomic E-state index is 13.4. The number of sulfonamides is 1. The summed E-state index contributed by atoms with van der Waals surface area (Å²) < 4.78 is 28.3. The highest BCUT2D eigenvalue weighted by atomic mass is 35.5. The van der Waals surface area contributed by atoms with E-state index in [1.165, 1.54) is 4.31 Å². The van der Waals surface area contributed by atoms with Gasteiger partial charge in [-0.15, -0.1) is 0 Å². The van der Waals surface area contributed by atoms with Gasteiger partial charge in [0.1, 0.15) is 0 Å². The summed E-state index contributed by atoms with van der Waals surface area (Å²) in [6.45, 7) is 3.95. The Kier molecular flexibility index (Phi) is 5.83. The highest BCUT2D eigenvalue weighted by Crippen LogP contribution is 2.28. The molecule has 0 aliphatic carbocycles. The Hall–Kier alpha value is -1.96. The van der Waals surface area contributed by atoms with Crippen molar-refractivity contribution in [3.05, 3.63) is 58.4 Å². The van der Waals surface area contributed by atoms with E-state index < -0.39 is 10.0 Å². The van der Waals surface area contributed by atoms with E-state index in [0.717, 1.165) is 5.56 Å². The molecule has 1 saturated heterocycles. The van der Waals surface area contributed by atoms with E-state index in [4.69, 9.17) is 11.6 Å². The molecule has 2 heterocycles. The number of aryl methyl sites for hydroxylation is 2. The number of amides is 1. The number of hydrogen-bond acceptors (Lipinski definition) is 4. The lowest BCUT2D eigenvalue weighted by Crippen LogP contribution is -2.41. The number of carbonyl (C=O) groups excluding carboxylic acids is 1. The molecule has 1 atom stereocenters. The van der Waals surface area contributed by atoms with Gasteiger partial charge in [-0.1, -0.05) is 11.6 Å². The lowest BCUT2D eigenvalue weighted by Gasteiger charge is -2.26. The smallest absolute Gasteiger partial charge is 0.243 e. The summed E-state index contributed by atoms with van der Waals surface area (Å²) in [6.07, 6.45) is 4.32. The number of halogens is 1. The summed E-state index contributed by atoms with van der Waals surface area (Å²) in [5, 5.41) is 3.39. The standard InChI is InChI=1S/C19H22ClN3O3S/c1-13-10-18(14(2)9-17(13)20)27(25,26)23(11-15-5-7-21-8-6-15)12-16-3-4-19(24)22-16/h5-10,16H,3-4,11-12H2,1-2H3,(H,22,24)/t16-/m0/s1. The van der Waals surface area contributed by atoms with E-state index in [1.807, 2.05) is 0 Å². The second-order valence-electron chi connectivity index (χ2n) is 6.82. The Labute approximate surface area is 164 Å². The predicted octanol–water partition coefficient (Wildman–Crippen LogP) is 2.82. The molecule has 1 aliphatic rings. The zero-order valence-electron chi connectivity index (χ0n) is 15.3. The number of benzene rings is 1. The van der Waals surface area contributed by atoms with E-state index in [9.17, 15) is 13.2 Å². The first-order valence-electron chi connectivity index (χ1n) is 8.72. The molecule has 1 fully saturated rings. The molecule has 1 amide bonds. The fourth-order valence-corrected chi connectivity index (χ4v) is 5.15. The average molecular weight is 408 g/mol. The van der Waals surface area contributed by atoms with Crippen molar-refractivity contribution in [2.75, 3.05) is 6.54 Å². The van der Waals surface area contributed by atoms with Crippen LogP contribution in [0.2, 0.25) is 5.02 Å². The number of rotatable bonds is 6. The molecule has 27 heavy (non-hydrogen) atoms. The van der Waals surface area contributed by atoms with Gasteiger partial charge >= 0.3 is 0 Å². The second-order valence-corrected chi connectivity index (χ2v) is 9.14. The molecule has 0 spiro atoms. The van der Waals surface area contributed by atoms with Gasteiger partial charge in [-0.05, 0) is 61.2 Å². The number of carbonyl (C=O) groups is 1. The third-order valence-electron chi connectivity index (χ3n) is 4.69. The molecule has 3 rings (SSSR count). The predicted molar refractivity (Wildman–Crippen MR) is 104 cm³/mol. The van der Waals surface area contributed by atoms with Gasteiger partial charge in [-0.3, -0.25) is 9.78 Å². The lowest BCUT2D eigenvalue weighted by atomic mass is 10.2. The van der Waals surface area contributed by atoms with Crippen molar-refractivity contribution in [1.82, 2.24) is 14.6 Å². The third kappa shape index (κ3) is 4.48. The number of pyridine rings is 1. The Bertz CT molecular complexity index is 948. The molecule has 6 nitrogen and oxygen atoms in total. The molecule has 0 saturated carbocycles. The van der Waals surface area contributed by atoms with Crippen LogP contribution in [0.15, 0.2) is 41.6 Å². The van der Waals surface area contributed by atoms with Gasteiger partial charge in [0.15, 0.2) is 0 Å². The van der Waals surface area contributed by atoms with Crippen molar-refractivity contribution in [2.45, 2.75) is 44.2 Å². The van der Waals surface area contributed by atoms with Crippen molar-refractivity contribution in [1.29, 1.82) is 0 Å². The maximum absolute atomic E-state index is 13.4. The maximum Gasteiger partial charge on any atom is 0.243 e. The summed E-state index contributed by atoms with van der Waals surface area (Å²) in [5.74, 6) is -0.0419. The van der Waals surface area contributed by atoms with Gasteiger partial charge in [-0.25, -0.2) is 8.42 Å². The normalized spacial score (nSPS) is 17.3. The molecule has 2 aromatic rings. The van der Waals surface area contributed by atoms with E-state index in [0.29, 0.717) is 29.0 Å². The molecule has 1 N–H and O–H groups in total. The molecule has 1 aliphatic heterocycles. The minimum absolute atomic E-state index is 0.0419. The van der Waals surface area contributed by atoms with Gasteiger partial charge in [0, 0.05) is 43.0 Å². The fraction of sp³-hybridized carbons (Fsp3) is 0.368. The van der Waals surface area contributed by atoms with Gasteiger partial charge in [0.05, 0.1) is 4.90 Å². The zero-order valence-corrected chi connectivity index (χ0v) is 16.8. The van der Waals surface area contributed by atoms with Crippen LogP contribution in [0.3, 0.4) is 0 Å². The molecule has 0 bridgehead atoms. The van der Waals surface area contributed by atoms with Gasteiger partial charge in [0.2, 0.25) is 15.9 Å². The van der Waals surface area contributed by atoms with Crippen molar-refractivity contribution in [2.24, 2.45) is 0 Å². The largest absolute Gasteiger partial charge is 0.352 e.